The summed E-state index contributed by atoms with van der Waals surface area (Å²) in [5, 5.41) is 7.52. The van der Waals surface area contributed by atoms with Gasteiger partial charge in [0.2, 0.25) is 5.16 Å². The highest BCUT2D eigenvalue weighted by Crippen LogP contribution is 2.32. The Morgan fingerprint density at radius 2 is 1.71 bits per heavy atom. The van der Waals surface area contributed by atoms with E-state index in [1.165, 1.54) is 23.9 Å². The number of aromatic amines is 1. The molecule has 0 bridgehead atoms. The molecule has 1 aromatic heterocycles. The molecular weight excluding hydrogens is 395 g/mol. The molecule has 1 N–H and O–H groups in total. The van der Waals surface area contributed by atoms with Gasteiger partial charge in [0.1, 0.15) is 17.2 Å². The number of halogens is 3. The molecule has 0 saturated heterocycles. The van der Waals surface area contributed by atoms with Crippen LogP contribution in [0.25, 0.3) is 11.4 Å². The van der Waals surface area contributed by atoms with E-state index in [9.17, 15) is 13.2 Å². The molecule has 0 fully saturated rings. The van der Waals surface area contributed by atoms with Crippen molar-refractivity contribution in [3.8, 4) is 28.6 Å². The Balaban J connectivity index is 1.65. The first-order valence-electron chi connectivity index (χ1n) is 8.00. The molecule has 148 valence electrons. The minimum atomic E-state index is -4.70. The smallest absolute Gasteiger partial charge is 0.497 e. The Morgan fingerprint density at radius 3 is 2.36 bits per heavy atom. The minimum Gasteiger partial charge on any atom is -0.497 e. The maximum Gasteiger partial charge on any atom is 0.573 e. The predicted octanol–water partition coefficient (Wildman–Crippen LogP) is 4.68. The molecule has 6 nitrogen and oxygen atoms in total. The maximum absolute atomic E-state index is 12.2. The number of aromatic nitrogens is 3. The van der Waals surface area contributed by atoms with Crippen LogP contribution in [0.5, 0.6) is 17.2 Å². The minimum absolute atomic E-state index is 0.256. The Morgan fingerprint density at radius 1 is 1.00 bits per heavy atom. The van der Waals surface area contributed by atoms with Crippen molar-refractivity contribution < 1.29 is 27.4 Å². The van der Waals surface area contributed by atoms with E-state index >= 15 is 0 Å². The summed E-state index contributed by atoms with van der Waals surface area (Å²) in [6.45, 7) is 0. The zero-order valence-corrected chi connectivity index (χ0v) is 15.7. The Bertz CT molecular complexity index is 930. The van der Waals surface area contributed by atoms with Crippen molar-refractivity contribution in [3.05, 3.63) is 48.0 Å². The summed E-state index contributed by atoms with van der Waals surface area (Å²) in [7, 11) is 3.12. The molecule has 0 unspecified atom stereocenters. The SMILES string of the molecule is COc1ccc(-c2nc(SCc3ccc(OC(F)(F)F)cc3)n[nH]2)c(OC)c1. The number of benzene rings is 2. The second-order valence-corrected chi connectivity index (χ2v) is 6.46. The number of rotatable bonds is 7. The monoisotopic (exact) mass is 411 g/mol. The molecule has 0 aliphatic heterocycles. The first kappa shape index (κ1) is 19.9. The average Bonchev–Trinajstić information content (AvgIpc) is 3.14. The van der Waals surface area contributed by atoms with Crippen LogP contribution >= 0.6 is 11.8 Å². The zero-order valence-electron chi connectivity index (χ0n) is 14.9. The number of hydrogen-bond donors (Lipinski definition) is 1. The van der Waals surface area contributed by atoms with Gasteiger partial charge in [0.05, 0.1) is 19.8 Å². The molecule has 0 amide bonds. The summed E-state index contributed by atoms with van der Waals surface area (Å²) < 4.78 is 50.9. The second kappa shape index (κ2) is 8.42. The number of thioether (sulfide) groups is 1. The van der Waals surface area contributed by atoms with Crippen molar-refractivity contribution in [2.75, 3.05) is 14.2 Å². The lowest BCUT2D eigenvalue weighted by atomic mass is 10.2. The lowest BCUT2D eigenvalue weighted by Crippen LogP contribution is -2.16. The quantitative estimate of drug-likeness (QED) is 0.570. The van der Waals surface area contributed by atoms with Crippen molar-refractivity contribution in [2.45, 2.75) is 17.3 Å². The molecule has 0 radical (unpaired) electrons. The van der Waals surface area contributed by atoms with Gasteiger partial charge in [-0.05, 0) is 29.8 Å². The van der Waals surface area contributed by atoms with E-state index in [2.05, 4.69) is 19.9 Å². The topological polar surface area (TPSA) is 69.3 Å². The number of nitrogens with zero attached hydrogens (tertiary/aromatic N) is 2. The van der Waals surface area contributed by atoms with E-state index in [1.807, 2.05) is 6.07 Å². The summed E-state index contributed by atoms with van der Waals surface area (Å²) >= 11 is 1.35. The first-order valence-corrected chi connectivity index (χ1v) is 8.99. The van der Waals surface area contributed by atoms with Gasteiger partial charge in [-0.15, -0.1) is 18.3 Å². The molecule has 0 spiro atoms. The van der Waals surface area contributed by atoms with Crippen molar-refractivity contribution in [1.82, 2.24) is 15.2 Å². The second-order valence-electron chi connectivity index (χ2n) is 5.51. The van der Waals surface area contributed by atoms with E-state index < -0.39 is 6.36 Å². The van der Waals surface area contributed by atoms with Crippen LogP contribution in [0.3, 0.4) is 0 Å². The molecule has 2 aromatic carbocycles. The molecule has 1 heterocycles. The number of ether oxygens (including phenoxy) is 3. The predicted molar refractivity (Wildman–Crippen MR) is 97.6 cm³/mol. The van der Waals surface area contributed by atoms with Crippen molar-refractivity contribution >= 4 is 11.8 Å². The van der Waals surface area contributed by atoms with E-state index in [-0.39, 0.29) is 5.75 Å². The third-order valence-electron chi connectivity index (χ3n) is 3.65. The van der Waals surface area contributed by atoms with Gasteiger partial charge >= 0.3 is 6.36 Å². The van der Waals surface area contributed by atoms with Crippen LogP contribution in [0.4, 0.5) is 13.2 Å². The molecule has 10 heteroatoms. The van der Waals surface area contributed by atoms with E-state index in [0.717, 1.165) is 11.1 Å². The number of nitrogens with one attached hydrogen (secondary N) is 1. The number of methoxy groups -OCH3 is 2. The highest BCUT2D eigenvalue weighted by Gasteiger charge is 2.30. The Labute approximate surface area is 163 Å². The fourth-order valence-electron chi connectivity index (χ4n) is 2.36. The maximum atomic E-state index is 12.2. The Kier molecular flexibility index (Phi) is 5.98. The van der Waals surface area contributed by atoms with Crippen molar-refractivity contribution in [2.24, 2.45) is 0 Å². The lowest BCUT2D eigenvalue weighted by Gasteiger charge is -2.08. The standard InChI is InChI=1S/C18H16F3N3O3S/c1-25-13-7-8-14(15(9-13)26-2)16-22-17(24-23-16)28-10-11-3-5-12(6-4-11)27-18(19,20)21/h3-9H,10H2,1-2H3,(H,22,23,24). The van der Waals surface area contributed by atoms with Crippen LogP contribution < -0.4 is 14.2 Å². The third-order valence-corrected chi connectivity index (χ3v) is 4.57. The summed E-state index contributed by atoms with van der Waals surface area (Å²) in [6.07, 6.45) is -4.70. The summed E-state index contributed by atoms with van der Waals surface area (Å²) in [4.78, 5) is 4.43. The van der Waals surface area contributed by atoms with Crippen LogP contribution in [-0.4, -0.2) is 35.8 Å². The fraction of sp³-hybridized carbons (Fsp3) is 0.222. The first-order chi connectivity index (χ1) is 13.4. The molecular formula is C18H16F3N3O3S. The normalized spacial score (nSPS) is 11.3. The largest absolute Gasteiger partial charge is 0.573 e. The van der Waals surface area contributed by atoms with Crippen LogP contribution in [0.15, 0.2) is 47.6 Å². The van der Waals surface area contributed by atoms with Gasteiger partial charge in [0.15, 0.2) is 5.82 Å². The van der Waals surface area contributed by atoms with Crippen LogP contribution in [-0.2, 0) is 5.75 Å². The lowest BCUT2D eigenvalue weighted by molar-refractivity contribution is -0.274. The molecule has 0 aliphatic rings. The van der Waals surface area contributed by atoms with Crippen molar-refractivity contribution in [1.29, 1.82) is 0 Å². The summed E-state index contributed by atoms with van der Waals surface area (Å²) in [5.41, 5.74) is 1.55. The average molecular weight is 411 g/mol. The van der Waals surface area contributed by atoms with E-state index in [1.54, 1.807) is 38.5 Å². The number of H-pyrrole nitrogens is 1. The highest BCUT2D eigenvalue weighted by molar-refractivity contribution is 7.98. The summed E-state index contributed by atoms with van der Waals surface area (Å²) in [5.74, 6) is 2.02. The van der Waals surface area contributed by atoms with Gasteiger partial charge in [0, 0.05) is 11.8 Å². The molecule has 0 saturated carbocycles. The van der Waals surface area contributed by atoms with Gasteiger partial charge < -0.3 is 14.2 Å². The fourth-order valence-corrected chi connectivity index (χ4v) is 3.12. The molecule has 28 heavy (non-hydrogen) atoms. The van der Waals surface area contributed by atoms with E-state index in [0.29, 0.717) is 28.2 Å². The Hall–Kier alpha value is -2.88. The molecule has 0 aliphatic carbocycles. The van der Waals surface area contributed by atoms with Crippen LogP contribution in [0.1, 0.15) is 5.56 Å². The van der Waals surface area contributed by atoms with Gasteiger partial charge in [-0.1, -0.05) is 23.9 Å². The van der Waals surface area contributed by atoms with Gasteiger partial charge in [0.25, 0.3) is 0 Å². The van der Waals surface area contributed by atoms with Gasteiger partial charge in [-0.3, -0.25) is 5.10 Å². The summed E-state index contributed by atoms with van der Waals surface area (Å²) in [6, 6.07) is 11.0. The molecule has 0 atom stereocenters. The number of alkyl halides is 3. The van der Waals surface area contributed by atoms with Crippen LogP contribution in [0.2, 0.25) is 0 Å². The number of hydrogen-bond acceptors (Lipinski definition) is 6. The van der Waals surface area contributed by atoms with Gasteiger partial charge in [-0.2, -0.15) is 0 Å². The van der Waals surface area contributed by atoms with Crippen LogP contribution in [0, 0.1) is 0 Å². The zero-order chi connectivity index (χ0) is 20.1. The highest BCUT2D eigenvalue weighted by atomic mass is 32.2. The van der Waals surface area contributed by atoms with E-state index in [4.69, 9.17) is 9.47 Å². The molecule has 3 rings (SSSR count). The van der Waals surface area contributed by atoms with Gasteiger partial charge in [-0.25, -0.2) is 4.98 Å². The van der Waals surface area contributed by atoms with Crippen molar-refractivity contribution in [3.63, 3.8) is 0 Å². The molecule has 3 aromatic rings. The third kappa shape index (κ3) is 5.10.